The van der Waals surface area contributed by atoms with Gasteiger partial charge in [-0.3, -0.25) is 4.79 Å². The van der Waals surface area contributed by atoms with Crippen molar-refractivity contribution in [3.63, 3.8) is 0 Å². The van der Waals surface area contributed by atoms with Gasteiger partial charge in [-0.15, -0.1) is 0 Å². The molecule has 1 aromatic carbocycles. The van der Waals surface area contributed by atoms with Gasteiger partial charge in [0.25, 0.3) is 5.91 Å². The second-order valence-corrected chi connectivity index (χ2v) is 5.60. The first-order chi connectivity index (χ1) is 11.9. The predicted molar refractivity (Wildman–Crippen MR) is 90.8 cm³/mol. The number of halogens is 3. The zero-order valence-electron chi connectivity index (χ0n) is 13.9. The van der Waals surface area contributed by atoms with Crippen molar-refractivity contribution >= 4 is 17.4 Å². The molecule has 2 aromatic rings. The summed E-state index contributed by atoms with van der Waals surface area (Å²) < 4.78 is 38.1. The highest BCUT2D eigenvalue weighted by Crippen LogP contribution is 2.31. The Kier molecular flexibility index (Phi) is 6.38. The lowest BCUT2D eigenvalue weighted by atomic mass is 10.2. The third kappa shape index (κ3) is 5.77. The predicted octanol–water partition coefficient (Wildman–Crippen LogP) is 4.76. The van der Waals surface area contributed by atoms with Crippen molar-refractivity contribution in [3.05, 3.63) is 53.7 Å². The van der Waals surface area contributed by atoms with E-state index in [1.807, 2.05) is 0 Å². The lowest BCUT2D eigenvalue weighted by molar-refractivity contribution is -0.137. The smallest absolute Gasteiger partial charge is 0.352 e. The summed E-state index contributed by atoms with van der Waals surface area (Å²) in [6.45, 7) is 2.69. The Labute approximate surface area is 144 Å². The van der Waals surface area contributed by atoms with Crippen molar-refractivity contribution < 1.29 is 18.0 Å². The van der Waals surface area contributed by atoms with Gasteiger partial charge in [-0.1, -0.05) is 25.8 Å². The largest absolute Gasteiger partial charge is 0.416 e. The average Bonchev–Trinajstić information content (AvgIpc) is 2.59. The summed E-state index contributed by atoms with van der Waals surface area (Å²) in [5, 5.41) is 5.60. The molecule has 0 aliphatic carbocycles. The summed E-state index contributed by atoms with van der Waals surface area (Å²) in [6, 6.07) is 7.99. The molecule has 0 aliphatic rings. The van der Waals surface area contributed by atoms with Gasteiger partial charge in [0.15, 0.2) is 0 Å². The molecule has 1 heterocycles. The van der Waals surface area contributed by atoms with Crippen LogP contribution in [0.1, 0.15) is 42.1 Å². The molecule has 0 fully saturated rings. The van der Waals surface area contributed by atoms with E-state index in [4.69, 9.17) is 0 Å². The number of carbonyl (C=O) groups is 1. The molecule has 0 atom stereocenters. The van der Waals surface area contributed by atoms with Gasteiger partial charge in [-0.2, -0.15) is 13.2 Å². The van der Waals surface area contributed by atoms with Crippen LogP contribution in [0.5, 0.6) is 0 Å². The number of carbonyl (C=O) groups excluding carboxylic acids is 1. The minimum absolute atomic E-state index is 0.214. The monoisotopic (exact) mass is 351 g/mol. The molecule has 0 unspecified atom stereocenters. The van der Waals surface area contributed by atoms with E-state index in [-0.39, 0.29) is 11.6 Å². The van der Waals surface area contributed by atoms with Gasteiger partial charge < -0.3 is 10.6 Å². The molecule has 0 saturated heterocycles. The van der Waals surface area contributed by atoms with Crippen LogP contribution in [-0.2, 0) is 6.18 Å². The minimum atomic E-state index is -4.40. The Bertz CT molecular complexity index is 699. The first-order valence-corrected chi connectivity index (χ1v) is 8.08. The van der Waals surface area contributed by atoms with Gasteiger partial charge in [0.05, 0.1) is 11.1 Å². The number of unbranched alkanes of at least 4 members (excludes halogenated alkanes) is 2. The molecule has 134 valence electrons. The lowest BCUT2D eigenvalue weighted by Gasteiger charge is -2.10. The van der Waals surface area contributed by atoms with Crippen LogP contribution in [0.25, 0.3) is 0 Å². The number of nitrogens with one attached hydrogen (secondary N) is 2. The highest BCUT2D eigenvalue weighted by atomic mass is 19.4. The molecule has 25 heavy (non-hydrogen) atoms. The SMILES string of the molecule is CCCCCNC(=O)c1ccc(Nc2cccc(C(F)(F)F)c2)nc1. The van der Waals surface area contributed by atoms with Crippen LogP contribution in [0.3, 0.4) is 0 Å². The molecular formula is C18H20F3N3O. The normalized spacial score (nSPS) is 11.2. The van der Waals surface area contributed by atoms with E-state index in [9.17, 15) is 18.0 Å². The number of rotatable bonds is 7. The van der Waals surface area contributed by atoms with Crippen molar-refractivity contribution in [1.82, 2.24) is 10.3 Å². The van der Waals surface area contributed by atoms with Crippen molar-refractivity contribution in [1.29, 1.82) is 0 Å². The van der Waals surface area contributed by atoms with Crippen molar-refractivity contribution in [3.8, 4) is 0 Å². The molecular weight excluding hydrogens is 331 g/mol. The van der Waals surface area contributed by atoms with E-state index < -0.39 is 11.7 Å². The van der Waals surface area contributed by atoms with E-state index in [1.165, 1.54) is 18.3 Å². The number of alkyl halides is 3. The Balaban J connectivity index is 1.97. The van der Waals surface area contributed by atoms with E-state index in [0.717, 1.165) is 31.4 Å². The summed E-state index contributed by atoms with van der Waals surface area (Å²) in [4.78, 5) is 16.0. The lowest BCUT2D eigenvalue weighted by Crippen LogP contribution is -2.24. The number of aromatic nitrogens is 1. The zero-order valence-corrected chi connectivity index (χ0v) is 13.9. The Morgan fingerprint density at radius 3 is 2.60 bits per heavy atom. The standard InChI is InChI=1S/C18H20F3N3O/c1-2-3-4-10-22-17(25)13-8-9-16(23-12-13)24-15-7-5-6-14(11-15)18(19,20)21/h5-9,11-12H,2-4,10H2,1H3,(H,22,25)(H,23,24). The number of amides is 1. The molecule has 7 heteroatoms. The summed E-state index contributed by atoms with van der Waals surface area (Å²) in [5.41, 5.74) is -0.0502. The third-order valence-electron chi connectivity index (χ3n) is 3.55. The average molecular weight is 351 g/mol. The summed E-state index contributed by atoms with van der Waals surface area (Å²) in [7, 11) is 0. The quantitative estimate of drug-likeness (QED) is 0.707. The van der Waals surface area contributed by atoms with Crippen molar-refractivity contribution in [2.75, 3.05) is 11.9 Å². The molecule has 0 bridgehead atoms. The Morgan fingerprint density at radius 1 is 1.16 bits per heavy atom. The summed E-state index contributed by atoms with van der Waals surface area (Å²) in [5.74, 6) is 0.149. The number of hydrogen-bond donors (Lipinski definition) is 2. The maximum absolute atomic E-state index is 12.7. The number of benzene rings is 1. The number of anilines is 2. The van der Waals surface area contributed by atoms with E-state index in [0.29, 0.717) is 17.9 Å². The maximum atomic E-state index is 12.7. The van der Waals surface area contributed by atoms with Crippen molar-refractivity contribution in [2.45, 2.75) is 32.4 Å². The second kappa shape index (κ2) is 8.50. The van der Waals surface area contributed by atoms with Crippen LogP contribution in [0.4, 0.5) is 24.7 Å². The molecule has 0 saturated carbocycles. The molecule has 1 aromatic heterocycles. The van der Waals surface area contributed by atoms with Gasteiger partial charge in [0, 0.05) is 18.4 Å². The van der Waals surface area contributed by atoms with Gasteiger partial charge >= 0.3 is 6.18 Å². The Hall–Kier alpha value is -2.57. The highest BCUT2D eigenvalue weighted by Gasteiger charge is 2.30. The molecule has 0 aliphatic heterocycles. The topological polar surface area (TPSA) is 54.0 Å². The fourth-order valence-electron chi connectivity index (χ4n) is 2.20. The van der Waals surface area contributed by atoms with Crippen LogP contribution in [0.15, 0.2) is 42.6 Å². The van der Waals surface area contributed by atoms with E-state index >= 15 is 0 Å². The van der Waals surface area contributed by atoms with Crippen molar-refractivity contribution in [2.24, 2.45) is 0 Å². The molecule has 4 nitrogen and oxygen atoms in total. The first kappa shape index (κ1) is 18.8. The zero-order chi connectivity index (χ0) is 18.3. The first-order valence-electron chi connectivity index (χ1n) is 8.08. The summed E-state index contributed by atoms with van der Waals surface area (Å²) in [6.07, 6.45) is 0.0481. The van der Waals surface area contributed by atoms with Crippen LogP contribution < -0.4 is 10.6 Å². The molecule has 2 N–H and O–H groups in total. The fourth-order valence-corrected chi connectivity index (χ4v) is 2.20. The highest BCUT2D eigenvalue weighted by molar-refractivity contribution is 5.94. The number of hydrogen-bond acceptors (Lipinski definition) is 3. The minimum Gasteiger partial charge on any atom is -0.352 e. The molecule has 0 spiro atoms. The molecule has 1 amide bonds. The fraction of sp³-hybridized carbons (Fsp3) is 0.333. The van der Waals surface area contributed by atoms with Crippen LogP contribution in [0, 0.1) is 0 Å². The van der Waals surface area contributed by atoms with Gasteiger partial charge in [-0.25, -0.2) is 4.98 Å². The van der Waals surface area contributed by atoms with Crippen LogP contribution >= 0.6 is 0 Å². The second-order valence-electron chi connectivity index (χ2n) is 5.60. The van der Waals surface area contributed by atoms with Gasteiger partial charge in [-0.05, 0) is 36.8 Å². The van der Waals surface area contributed by atoms with E-state index in [2.05, 4.69) is 22.5 Å². The molecule has 2 rings (SSSR count). The number of pyridine rings is 1. The maximum Gasteiger partial charge on any atom is 0.416 e. The van der Waals surface area contributed by atoms with Gasteiger partial charge in [0.1, 0.15) is 5.82 Å². The van der Waals surface area contributed by atoms with Crippen LogP contribution in [-0.4, -0.2) is 17.4 Å². The van der Waals surface area contributed by atoms with Gasteiger partial charge in [0.2, 0.25) is 0 Å². The Morgan fingerprint density at radius 2 is 1.96 bits per heavy atom. The third-order valence-corrected chi connectivity index (χ3v) is 3.55. The molecule has 0 radical (unpaired) electrons. The van der Waals surface area contributed by atoms with E-state index in [1.54, 1.807) is 12.1 Å². The summed E-state index contributed by atoms with van der Waals surface area (Å²) >= 11 is 0. The number of nitrogens with zero attached hydrogens (tertiary/aromatic N) is 1. The van der Waals surface area contributed by atoms with Crippen LogP contribution in [0.2, 0.25) is 0 Å².